The third kappa shape index (κ3) is 4.61. The van der Waals surface area contributed by atoms with Crippen molar-refractivity contribution in [2.45, 2.75) is 11.0 Å². The molecule has 1 atom stereocenters. The SMILES string of the molecule is O=S(=O)(c1cccnc1)N1CCN(CC(O)COc2ccc3c(c2)OCO3)CC1. The molecule has 156 valence electrons. The quantitative estimate of drug-likeness (QED) is 0.692. The van der Waals surface area contributed by atoms with Crippen molar-refractivity contribution in [3.8, 4) is 17.2 Å². The van der Waals surface area contributed by atoms with Crippen LogP contribution in [0.1, 0.15) is 0 Å². The lowest BCUT2D eigenvalue weighted by molar-refractivity contribution is 0.0568. The molecule has 0 amide bonds. The topological polar surface area (TPSA) is 101 Å². The molecule has 2 aliphatic heterocycles. The van der Waals surface area contributed by atoms with Crippen LogP contribution >= 0.6 is 0 Å². The Labute approximate surface area is 169 Å². The number of β-amino-alcohol motifs (C(OH)–C–C–N with tert-alkyl or cyclic N) is 1. The zero-order valence-electron chi connectivity index (χ0n) is 15.8. The number of sulfonamides is 1. The van der Waals surface area contributed by atoms with Gasteiger partial charge in [-0.2, -0.15) is 4.31 Å². The molecule has 4 rings (SSSR count). The highest BCUT2D eigenvalue weighted by molar-refractivity contribution is 7.89. The van der Waals surface area contributed by atoms with E-state index in [9.17, 15) is 13.5 Å². The lowest BCUT2D eigenvalue weighted by Crippen LogP contribution is -2.50. The van der Waals surface area contributed by atoms with Gasteiger partial charge < -0.3 is 19.3 Å². The Morgan fingerprint density at radius 3 is 2.69 bits per heavy atom. The van der Waals surface area contributed by atoms with Gasteiger partial charge >= 0.3 is 0 Å². The largest absolute Gasteiger partial charge is 0.491 e. The van der Waals surface area contributed by atoms with Crippen LogP contribution in [0.15, 0.2) is 47.6 Å². The van der Waals surface area contributed by atoms with E-state index >= 15 is 0 Å². The maximum atomic E-state index is 12.6. The van der Waals surface area contributed by atoms with Gasteiger partial charge in [0.2, 0.25) is 16.8 Å². The van der Waals surface area contributed by atoms with Gasteiger partial charge in [-0.15, -0.1) is 0 Å². The molecule has 1 fully saturated rings. The summed E-state index contributed by atoms with van der Waals surface area (Å²) in [5.41, 5.74) is 0. The van der Waals surface area contributed by atoms with E-state index in [0.717, 1.165) is 0 Å². The minimum atomic E-state index is -3.53. The molecule has 0 bridgehead atoms. The number of aliphatic hydroxyl groups excluding tert-OH is 1. The molecular formula is C19H23N3O6S. The molecule has 29 heavy (non-hydrogen) atoms. The molecule has 1 unspecified atom stereocenters. The van der Waals surface area contributed by atoms with Crippen LogP contribution in [0.2, 0.25) is 0 Å². The van der Waals surface area contributed by atoms with Gasteiger partial charge in [-0.05, 0) is 24.3 Å². The third-order valence-corrected chi connectivity index (χ3v) is 6.74. The first-order valence-electron chi connectivity index (χ1n) is 9.35. The number of hydrogen-bond donors (Lipinski definition) is 1. The number of aliphatic hydroxyl groups is 1. The fraction of sp³-hybridized carbons (Fsp3) is 0.421. The second-order valence-corrected chi connectivity index (χ2v) is 8.81. The number of fused-ring (bicyclic) bond motifs is 1. The average molecular weight is 421 g/mol. The Bertz CT molecular complexity index is 932. The van der Waals surface area contributed by atoms with Crippen LogP contribution in [0, 0.1) is 0 Å². The zero-order valence-corrected chi connectivity index (χ0v) is 16.6. The second kappa shape index (κ2) is 8.54. The number of aromatic nitrogens is 1. The first-order valence-corrected chi connectivity index (χ1v) is 10.8. The van der Waals surface area contributed by atoms with Gasteiger partial charge in [-0.3, -0.25) is 9.88 Å². The number of nitrogens with zero attached hydrogens (tertiary/aromatic N) is 3. The summed E-state index contributed by atoms with van der Waals surface area (Å²) in [7, 11) is -3.53. The third-order valence-electron chi connectivity index (χ3n) is 4.86. The van der Waals surface area contributed by atoms with Crippen molar-refractivity contribution in [3.05, 3.63) is 42.7 Å². The maximum Gasteiger partial charge on any atom is 0.244 e. The van der Waals surface area contributed by atoms with Gasteiger partial charge in [0.1, 0.15) is 23.4 Å². The van der Waals surface area contributed by atoms with E-state index in [1.165, 1.54) is 10.5 Å². The molecule has 1 aromatic heterocycles. The smallest absolute Gasteiger partial charge is 0.244 e. The Morgan fingerprint density at radius 2 is 1.93 bits per heavy atom. The summed E-state index contributed by atoms with van der Waals surface area (Å²) in [5, 5.41) is 10.3. The number of piperazine rings is 1. The summed E-state index contributed by atoms with van der Waals surface area (Å²) < 4.78 is 42.9. The van der Waals surface area contributed by atoms with Crippen LogP contribution in [-0.2, 0) is 10.0 Å². The number of hydrogen-bond acceptors (Lipinski definition) is 8. The monoisotopic (exact) mass is 421 g/mol. The van der Waals surface area contributed by atoms with E-state index in [4.69, 9.17) is 14.2 Å². The number of ether oxygens (including phenoxy) is 3. The predicted molar refractivity (Wildman–Crippen MR) is 104 cm³/mol. The molecule has 1 N–H and O–H groups in total. The van der Waals surface area contributed by atoms with Crippen molar-refractivity contribution in [2.75, 3.05) is 46.1 Å². The number of rotatable bonds is 7. The van der Waals surface area contributed by atoms with E-state index in [1.54, 1.807) is 36.5 Å². The van der Waals surface area contributed by atoms with E-state index in [-0.39, 0.29) is 18.3 Å². The van der Waals surface area contributed by atoms with E-state index in [0.29, 0.717) is 50.0 Å². The van der Waals surface area contributed by atoms with Gasteiger partial charge in [0.15, 0.2) is 11.5 Å². The van der Waals surface area contributed by atoms with Crippen LogP contribution in [0.25, 0.3) is 0 Å². The summed E-state index contributed by atoms with van der Waals surface area (Å²) in [5.74, 6) is 1.90. The Kier molecular flexibility index (Phi) is 5.86. The molecule has 1 aromatic carbocycles. The zero-order chi connectivity index (χ0) is 20.3. The van der Waals surface area contributed by atoms with Crippen molar-refractivity contribution >= 4 is 10.0 Å². The highest BCUT2D eigenvalue weighted by atomic mass is 32.2. The van der Waals surface area contributed by atoms with Gasteiger partial charge in [-0.1, -0.05) is 0 Å². The van der Waals surface area contributed by atoms with Gasteiger partial charge in [0.25, 0.3) is 0 Å². The van der Waals surface area contributed by atoms with Crippen molar-refractivity contribution in [3.63, 3.8) is 0 Å². The molecule has 3 heterocycles. The highest BCUT2D eigenvalue weighted by Gasteiger charge is 2.29. The molecule has 0 saturated carbocycles. The predicted octanol–water partition coefficient (Wildman–Crippen LogP) is 0.556. The molecule has 2 aliphatic rings. The normalized spacial score (nSPS) is 18.5. The molecule has 0 spiro atoms. The second-order valence-electron chi connectivity index (χ2n) is 6.87. The molecular weight excluding hydrogens is 398 g/mol. The Morgan fingerprint density at radius 1 is 1.14 bits per heavy atom. The molecule has 10 heteroatoms. The van der Waals surface area contributed by atoms with Crippen LogP contribution in [0.5, 0.6) is 17.2 Å². The van der Waals surface area contributed by atoms with Crippen molar-refractivity contribution < 1.29 is 27.7 Å². The standard InChI is InChI=1S/C19H23N3O6S/c23-15(13-26-16-3-4-18-19(10-16)28-14-27-18)12-21-6-8-22(9-7-21)29(24,25)17-2-1-5-20-11-17/h1-5,10-11,15,23H,6-9,12-14H2. The Hall–Kier alpha value is -2.40. The fourth-order valence-corrected chi connectivity index (χ4v) is 4.70. The van der Waals surface area contributed by atoms with E-state index < -0.39 is 16.1 Å². The summed E-state index contributed by atoms with van der Waals surface area (Å²) >= 11 is 0. The minimum Gasteiger partial charge on any atom is -0.491 e. The van der Waals surface area contributed by atoms with Crippen LogP contribution in [0.4, 0.5) is 0 Å². The van der Waals surface area contributed by atoms with Crippen LogP contribution < -0.4 is 14.2 Å². The van der Waals surface area contributed by atoms with E-state index in [2.05, 4.69) is 4.98 Å². The number of pyridine rings is 1. The number of benzene rings is 1. The molecule has 1 saturated heterocycles. The lowest BCUT2D eigenvalue weighted by atomic mass is 10.3. The molecule has 9 nitrogen and oxygen atoms in total. The van der Waals surface area contributed by atoms with Crippen LogP contribution in [0.3, 0.4) is 0 Å². The summed E-state index contributed by atoms with van der Waals surface area (Å²) in [6.45, 7) is 2.56. The molecule has 0 aliphatic carbocycles. The fourth-order valence-electron chi connectivity index (χ4n) is 3.31. The van der Waals surface area contributed by atoms with Crippen molar-refractivity contribution in [1.29, 1.82) is 0 Å². The van der Waals surface area contributed by atoms with Crippen molar-refractivity contribution in [2.24, 2.45) is 0 Å². The first kappa shape index (κ1) is 19.9. The summed E-state index contributed by atoms with van der Waals surface area (Å²) in [6.07, 6.45) is 2.21. The highest BCUT2D eigenvalue weighted by Crippen LogP contribution is 2.35. The molecule has 2 aromatic rings. The van der Waals surface area contributed by atoms with Gasteiger partial charge in [-0.25, -0.2) is 8.42 Å². The van der Waals surface area contributed by atoms with Crippen molar-refractivity contribution in [1.82, 2.24) is 14.2 Å². The first-order chi connectivity index (χ1) is 14.0. The van der Waals surface area contributed by atoms with Gasteiger partial charge in [0.05, 0.1) is 0 Å². The Balaban J connectivity index is 1.24. The molecule has 0 radical (unpaired) electrons. The summed E-state index contributed by atoms with van der Waals surface area (Å²) in [4.78, 5) is 6.12. The lowest BCUT2D eigenvalue weighted by Gasteiger charge is -2.34. The minimum absolute atomic E-state index is 0.133. The van der Waals surface area contributed by atoms with Crippen LogP contribution in [-0.4, -0.2) is 79.9 Å². The summed E-state index contributed by atoms with van der Waals surface area (Å²) in [6, 6.07) is 8.43. The average Bonchev–Trinajstić information content (AvgIpc) is 3.21. The van der Waals surface area contributed by atoms with Gasteiger partial charge in [0, 0.05) is 51.2 Å². The maximum absolute atomic E-state index is 12.6. The van der Waals surface area contributed by atoms with E-state index in [1.807, 2.05) is 4.90 Å².